The summed E-state index contributed by atoms with van der Waals surface area (Å²) >= 11 is 0. The van der Waals surface area contributed by atoms with E-state index in [0.717, 1.165) is 38.0 Å². The zero-order chi connectivity index (χ0) is 19.4. The van der Waals surface area contributed by atoms with Crippen molar-refractivity contribution in [3.8, 4) is 0 Å². The molecule has 2 bridgehead atoms. The molecule has 3 atom stereocenters. The Morgan fingerprint density at radius 2 is 1.73 bits per heavy atom. The highest BCUT2D eigenvalue weighted by atomic mass is 16.6. The first-order valence-corrected chi connectivity index (χ1v) is 10.6. The molecular weight excluding hydrogens is 328 g/mol. The van der Waals surface area contributed by atoms with Crippen molar-refractivity contribution in [1.29, 1.82) is 0 Å². The predicted molar refractivity (Wildman–Crippen MR) is 103 cm³/mol. The van der Waals surface area contributed by atoms with E-state index in [2.05, 4.69) is 11.7 Å². The van der Waals surface area contributed by atoms with Crippen molar-refractivity contribution < 1.29 is 19.1 Å². The van der Waals surface area contributed by atoms with Crippen LogP contribution in [0.1, 0.15) is 91.9 Å². The van der Waals surface area contributed by atoms with Crippen LogP contribution in [0, 0.1) is 23.2 Å². The average Bonchev–Trinajstić information content (AvgIpc) is 3.38. The molecule has 0 aromatic carbocycles. The second-order valence-corrected chi connectivity index (χ2v) is 9.18. The molecule has 3 unspecified atom stereocenters. The van der Waals surface area contributed by atoms with Gasteiger partial charge in [-0.05, 0) is 83.5 Å². The number of carbonyl (C=O) groups is 2. The molecule has 3 aliphatic carbocycles. The number of ether oxygens (including phenoxy) is 2. The molecule has 3 aliphatic rings. The number of carbonyl (C=O) groups excluding carboxylic acids is 2. The third-order valence-electron chi connectivity index (χ3n) is 7.14. The van der Waals surface area contributed by atoms with Gasteiger partial charge >= 0.3 is 11.9 Å². The maximum absolute atomic E-state index is 12.3. The van der Waals surface area contributed by atoms with Gasteiger partial charge in [0, 0.05) is 0 Å². The molecule has 0 radical (unpaired) electrons. The molecular formula is C22H38O4. The van der Waals surface area contributed by atoms with E-state index in [0.29, 0.717) is 5.92 Å². The molecule has 26 heavy (non-hydrogen) atoms. The van der Waals surface area contributed by atoms with Crippen molar-refractivity contribution in [3.05, 3.63) is 0 Å². The summed E-state index contributed by atoms with van der Waals surface area (Å²) in [5.41, 5.74) is -0.395. The van der Waals surface area contributed by atoms with Gasteiger partial charge in [0.15, 0.2) is 0 Å². The van der Waals surface area contributed by atoms with Crippen LogP contribution >= 0.6 is 0 Å². The molecule has 0 amide bonds. The third-order valence-corrected chi connectivity index (χ3v) is 7.14. The summed E-state index contributed by atoms with van der Waals surface area (Å²) in [5, 5.41) is 0. The van der Waals surface area contributed by atoms with E-state index < -0.39 is 0 Å². The second-order valence-electron chi connectivity index (χ2n) is 9.18. The molecule has 0 aliphatic heterocycles. The lowest BCUT2D eigenvalue weighted by Gasteiger charge is -2.31. The minimum atomic E-state index is -0.311. The highest BCUT2D eigenvalue weighted by molar-refractivity contribution is 5.75. The van der Waals surface area contributed by atoms with Crippen LogP contribution < -0.4 is 0 Å². The summed E-state index contributed by atoms with van der Waals surface area (Å²) in [6, 6.07) is 0. The van der Waals surface area contributed by atoms with Crippen LogP contribution in [0.4, 0.5) is 0 Å². The molecule has 0 aromatic rings. The van der Waals surface area contributed by atoms with Gasteiger partial charge in [-0.3, -0.25) is 9.59 Å². The minimum absolute atomic E-state index is 0.0844. The van der Waals surface area contributed by atoms with Crippen molar-refractivity contribution in [2.24, 2.45) is 23.2 Å². The Morgan fingerprint density at radius 3 is 2.12 bits per heavy atom. The third kappa shape index (κ3) is 4.80. The molecule has 3 fully saturated rings. The number of fused-ring (bicyclic) bond motifs is 2. The Bertz CT molecular complexity index is 490. The summed E-state index contributed by atoms with van der Waals surface area (Å²) in [6.07, 6.45) is 11.5. The number of rotatable bonds is 5. The molecule has 3 saturated carbocycles. The van der Waals surface area contributed by atoms with Crippen LogP contribution in [0.25, 0.3) is 0 Å². The van der Waals surface area contributed by atoms with E-state index in [1.165, 1.54) is 39.2 Å². The van der Waals surface area contributed by atoms with Gasteiger partial charge in [0.1, 0.15) is 5.60 Å². The fourth-order valence-electron chi connectivity index (χ4n) is 4.79. The Morgan fingerprint density at radius 1 is 1.08 bits per heavy atom. The van der Waals surface area contributed by atoms with Crippen LogP contribution in [0.2, 0.25) is 0 Å². The number of esters is 2. The standard InChI is InChI=1S/C15H24O2.C7H14O2/c1-2-15(7-3-4-8-15)17-14(16)13-10-11-5-6-12(13)9-11;1-5-7(2,3)6(8)9-4/h11-13H,2-10H2,1H3;5H2,1-4H3. The molecule has 0 aromatic heterocycles. The molecule has 0 spiro atoms. The summed E-state index contributed by atoms with van der Waals surface area (Å²) in [5.74, 6) is 1.74. The lowest BCUT2D eigenvalue weighted by Crippen LogP contribution is -2.35. The first kappa shape index (κ1) is 21.2. The average molecular weight is 367 g/mol. The zero-order valence-electron chi connectivity index (χ0n) is 17.4. The molecule has 0 N–H and O–H groups in total. The number of hydrogen-bond donors (Lipinski definition) is 0. The zero-order valence-corrected chi connectivity index (χ0v) is 17.4. The Kier molecular flexibility index (Phi) is 7.15. The number of hydrogen-bond acceptors (Lipinski definition) is 4. The molecule has 0 heterocycles. The van der Waals surface area contributed by atoms with Crippen molar-refractivity contribution >= 4 is 11.9 Å². The Labute approximate surface area is 159 Å². The topological polar surface area (TPSA) is 52.6 Å². The van der Waals surface area contributed by atoms with Crippen molar-refractivity contribution in [1.82, 2.24) is 0 Å². The maximum atomic E-state index is 12.3. The summed E-state index contributed by atoms with van der Waals surface area (Å²) in [7, 11) is 1.42. The normalized spacial score (nSPS) is 29.0. The smallest absolute Gasteiger partial charge is 0.311 e. The molecule has 150 valence electrons. The largest absolute Gasteiger partial charge is 0.469 e. The van der Waals surface area contributed by atoms with Crippen molar-refractivity contribution in [2.75, 3.05) is 7.11 Å². The Balaban J connectivity index is 0.000000232. The van der Waals surface area contributed by atoms with Gasteiger partial charge in [-0.15, -0.1) is 0 Å². The first-order valence-electron chi connectivity index (χ1n) is 10.6. The van der Waals surface area contributed by atoms with E-state index >= 15 is 0 Å². The van der Waals surface area contributed by atoms with Gasteiger partial charge in [-0.2, -0.15) is 0 Å². The highest BCUT2D eigenvalue weighted by Crippen LogP contribution is 2.49. The molecule has 4 heteroatoms. The van der Waals surface area contributed by atoms with Crippen molar-refractivity contribution in [2.45, 2.75) is 97.5 Å². The van der Waals surface area contributed by atoms with Crippen LogP contribution in [0.3, 0.4) is 0 Å². The van der Waals surface area contributed by atoms with E-state index in [1.54, 1.807) is 0 Å². The van der Waals surface area contributed by atoms with E-state index in [4.69, 9.17) is 4.74 Å². The molecule has 0 saturated heterocycles. The summed E-state index contributed by atoms with van der Waals surface area (Å²) in [4.78, 5) is 23.2. The molecule has 3 rings (SSSR count). The lowest BCUT2D eigenvalue weighted by molar-refractivity contribution is -0.166. The van der Waals surface area contributed by atoms with Crippen LogP contribution in [-0.2, 0) is 19.1 Å². The Hall–Kier alpha value is -1.06. The van der Waals surface area contributed by atoms with Crippen LogP contribution in [0.15, 0.2) is 0 Å². The summed E-state index contributed by atoms with van der Waals surface area (Å²) in [6.45, 7) is 7.88. The second kappa shape index (κ2) is 8.75. The maximum Gasteiger partial charge on any atom is 0.311 e. The minimum Gasteiger partial charge on any atom is -0.469 e. The predicted octanol–water partition coefficient (Wildman–Crippen LogP) is 5.28. The van der Waals surface area contributed by atoms with E-state index in [-0.39, 0.29) is 28.9 Å². The van der Waals surface area contributed by atoms with Crippen LogP contribution in [0.5, 0.6) is 0 Å². The highest BCUT2D eigenvalue weighted by Gasteiger charge is 2.46. The fraction of sp³-hybridized carbons (Fsp3) is 0.909. The lowest BCUT2D eigenvalue weighted by atomic mass is 9.88. The SMILES string of the molecule is CCC(C)(C)C(=O)OC.CCC1(OC(=O)C2CC3CCC2C3)CCCC1. The van der Waals surface area contributed by atoms with E-state index in [9.17, 15) is 9.59 Å². The van der Waals surface area contributed by atoms with Gasteiger partial charge in [-0.25, -0.2) is 0 Å². The van der Waals surface area contributed by atoms with Gasteiger partial charge in [0.05, 0.1) is 18.4 Å². The van der Waals surface area contributed by atoms with Crippen molar-refractivity contribution in [3.63, 3.8) is 0 Å². The molecule has 4 nitrogen and oxygen atoms in total. The monoisotopic (exact) mass is 366 g/mol. The van der Waals surface area contributed by atoms with Crippen LogP contribution in [-0.4, -0.2) is 24.6 Å². The van der Waals surface area contributed by atoms with Gasteiger partial charge in [0.2, 0.25) is 0 Å². The summed E-state index contributed by atoms with van der Waals surface area (Å²) < 4.78 is 10.5. The first-order chi connectivity index (χ1) is 12.3. The fourth-order valence-corrected chi connectivity index (χ4v) is 4.79. The quantitative estimate of drug-likeness (QED) is 0.621. The van der Waals surface area contributed by atoms with Gasteiger partial charge in [-0.1, -0.05) is 20.3 Å². The van der Waals surface area contributed by atoms with Gasteiger partial charge < -0.3 is 9.47 Å². The van der Waals surface area contributed by atoms with E-state index in [1.807, 2.05) is 20.8 Å². The number of methoxy groups -OCH3 is 1. The van der Waals surface area contributed by atoms with Gasteiger partial charge in [0.25, 0.3) is 0 Å².